The molecule has 0 radical (unpaired) electrons. The Morgan fingerprint density at radius 3 is 2.73 bits per heavy atom. The van der Waals surface area contributed by atoms with Crippen molar-refractivity contribution in [2.24, 2.45) is 5.16 Å². The highest BCUT2D eigenvalue weighted by molar-refractivity contribution is 5.80. The number of hydrogen-bond donors (Lipinski definition) is 0. The zero-order valence-electron chi connectivity index (χ0n) is 17.9. The monoisotopic (exact) mass is 420 g/mol. The van der Waals surface area contributed by atoms with Gasteiger partial charge in [0.2, 0.25) is 0 Å². The van der Waals surface area contributed by atoms with Crippen LogP contribution in [0.1, 0.15) is 38.2 Å². The Bertz CT molecular complexity index is 699. The number of esters is 1. The molecule has 1 aromatic rings. The predicted molar refractivity (Wildman–Crippen MR) is 112 cm³/mol. The van der Waals surface area contributed by atoms with Gasteiger partial charge in [-0.1, -0.05) is 5.16 Å². The number of carbonyl (C=O) groups excluding carboxylic acids is 1. The Kier molecular flexibility index (Phi) is 8.77. The van der Waals surface area contributed by atoms with E-state index in [2.05, 4.69) is 10.1 Å². The lowest BCUT2D eigenvalue weighted by Crippen LogP contribution is -2.43. The van der Waals surface area contributed by atoms with Gasteiger partial charge in [-0.05, 0) is 43.9 Å². The van der Waals surface area contributed by atoms with Crippen LogP contribution in [-0.4, -0.2) is 75.9 Å². The topological polar surface area (TPSA) is 78.8 Å². The van der Waals surface area contributed by atoms with Crippen LogP contribution in [0.15, 0.2) is 23.4 Å². The molecule has 30 heavy (non-hydrogen) atoms. The molecular formula is C22H32N2O6. The Morgan fingerprint density at radius 2 is 2.03 bits per heavy atom. The number of rotatable bonds is 10. The van der Waals surface area contributed by atoms with E-state index in [9.17, 15) is 4.79 Å². The van der Waals surface area contributed by atoms with E-state index in [1.165, 1.54) is 19.8 Å². The van der Waals surface area contributed by atoms with E-state index >= 15 is 0 Å². The summed E-state index contributed by atoms with van der Waals surface area (Å²) in [6.07, 6.45) is 6.05. The Hall–Kier alpha value is -2.32. The fraction of sp³-hybridized carbons (Fsp3) is 0.636. The summed E-state index contributed by atoms with van der Waals surface area (Å²) in [5.41, 5.74) is 0.848. The molecule has 8 heteroatoms. The zero-order valence-corrected chi connectivity index (χ0v) is 17.9. The molecule has 1 aliphatic heterocycles. The van der Waals surface area contributed by atoms with Gasteiger partial charge in [-0.2, -0.15) is 0 Å². The van der Waals surface area contributed by atoms with E-state index in [1.807, 2.05) is 18.2 Å². The van der Waals surface area contributed by atoms with Gasteiger partial charge in [0, 0.05) is 32.1 Å². The van der Waals surface area contributed by atoms with Crippen LogP contribution in [0.2, 0.25) is 0 Å². The summed E-state index contributed by atoms with van der Waals surface area (Å²) in [7, 11) is 1.64. The molecule has 0 spiro atoms. The van der Waals surface area contributed by atoms with Crippen LogP contribution in [0.5, 0.6) is 11.5 Å². The SMILES string of the molecule is COc1ccc(/C=N/OC[C@H](CN2CCOCC2)OC(C)=O)cc1OC1CCCC1. The molecule has 0 aromatic heterocycles. The summed E-state index contributed by atoms with van der Waals surface area (Å²) >= 11 is 0. The van der Waals surface area contributed by atoms with Crippen molar-refractivity contribution in [3.05, 3.63) is 23.8 Å². The van der Waals surface area contributed by atoms with Gasteiger partial charge in [-0.15, -0.1) is 0 Å². The average Bonchev–Trinajstić information content (AvgIpc) is 3.25. The number of nitrogens with zero attached hydrogens (tertiary/aromatic N) is 2. The minimum atomic E-state index is -0.380. The summed E-state index contributed by atoms with van der Waals surface area (Å²) < 4.78 is 22.3. The number of benzene rings is 1. The van der Waals surface area contributed by atoms with Gasteiger partial charge in [0.15, 0.2) is 24.2 Å². The summed E-state index contributed by atoms with van der Waals surface area (Å²) in [6.45, 7) is 5.20. The fourth-order valence-corrected chi connectivity index (χ4v) is 3.71. The van der Waals surface area contributed by atoms with Crippen molar-refractivity contribution >= 4 is 12.2 Å². The number of methoxy groups -OCH3 is 1. The van der Waals surface area contributed by atoms with Crippen molar-refractivity contribution in [2.75, 3.05) is 46.6 Å². The Balaban J connectivity index is 1.53. The van der Waals surface area contributed by atoms with Crippen LogP contribution in [0.25, 0.3) is 0 Å². The van der Waals surface area contributed by atoms with Gasteiger partial charge in [-0.25, -0.2) is 0 Å². The van der Waals surface area contributed by atoms with E-state index in [0.717, 1.165) is 37.2 Å². The molecule has 8 nitrogen and oxygen atoms in total. The first-order chi connectivity index (χ1) is 14.6. The van der Waals surface area contributed by atoms with E-state index < -0.39 is 0 Å². The number of morpholine rings is 1. The smallest absolute Gasteiger partial charge is 0.303 e. The Labute approximate surface area is 178 Å². The summed E-state index contributed by atoms with van der Waals surface area (Å²) in [6, 6.07) is 5.66. The lowest BCUT2D eigenvalue weighted by molar-refractivity contribution is -0.151. The van der Waals surface area contributed by atoms with Crippen LogP contribution >= 0.6 is 0 Å². The number of oxime groups is 1. The summed E-state index contributed by atoms with van der Waals surface area (Å²) in [5, 5.41) is 4.05. The number of carbonyl (C=O) groups is 1. The number of hydrogen-bond acceptors (Lipinski definition) is 8. The number of ether oxygens (including phenoxy) is 4. The second-order valence-corrected chi connectivity index (χ2v) is 7.61. The third kappa shape index (κ3) is 7.18. The van der Waals surface area contributed by atoms with Crippen LogP contribution in [-0.2, 0) is 19.1 Å². The van der Waals surface area contributed by atoms with Crippen LogP contribution in [0.3, 0.4) is 0 Å². The van der Waals surface area contributed by atoms with Gasteiger partial charge < -0.3 is 23.8 Å². The normalized spacial score (nSPS) is 19.0. The van der Waals surface area contributed by atoms with E-state index in [4.69, 9.17) is 23.8 Å². The lowest BCUT2D eigenvalue weighted by atomic mass is 10.2. The van der Waals surface area contributed by atoms with E-state index in [0.29, 0.717) is 25.5 Å². The molecule has 1 aromatic carbocycles. The van der Waals surface area contributed by atoms with Crippen molar-refractivity contribution < 1.29 is 28.6 Å². The highest BCUT2D eigenvalue weighted by atomic mass is 16.6. The first kappa shape index (κ1) is 22.4. The minimum Gasteiger partial charge on any atom is -0.493 e. The molecule has 166 valence electrons. The molecule has 0 bridgehead atoms. The molecule has 2 aliphatic rings. The highest BCUT2D eigenvalue weighted by Gasteiger charge is 2.20. The molecule has 3 rings (SSSR count). The second kappa shape index (κ2) is 11.8. The van der Waals surface area contributed by atoms with Gasteiger partial charge in [-0.3, -0.25) is 9.69 Å². The van der Waals surface area contributed by atoms with Crippen molar-refractivity contribution in [3.8, 4) is 11.5 Å². The summed E-state index contributed by atoms with van der Waals surface area (Å²) in [5.74, 6) is 1.10. The van der Waals surface area contributed by atoms with Crippen molar-refractivity contribution in [1.29, 1.82) is 0 Å². The molecule has 1 saturated heterocycles. The first-order valence-corrected chi connectivity index (χ1v) is 10.6. The second-order valence-electron chi connectivity index (χ2n) is 7.61. The molecule has 0 amide bonds. The van der Waals surface area contributed by atoms with Crippen LogP contribution in [0, 0.1) is 0 Å². The van der Waals surface area contributed by atoms with Gasteiger partial charge in [0.05, 0.1) is 32.6 Å². The molecule has 1 saturated carbocycles. The molecule has 0 unspecified atom stereocenters. The fourth-order valence-electron chi connectivity index (χ4n) is 3.71. The quantitative estimate of drug-likeness (QED) is 0.327. The van der Waals surface area contributed by atoms with Crippen LogP contribution < -0.4 is 9.47 Å². The maximum Gasteiger partial charge on any atom is 0.303 e. The maximum absolute atomic E-state index is 11.4. The molecule has 1 heterocycles. The lowest BCUT2D eigenvalue weighted by Gasteiger charge is -2.29. The molecule has 2 fully saturated rings. The minimum absolute atomic E-state index is 0.190. The van der Waals surface area contributed by atoms with E-state index in [-0.39, 0.29) is 24.8 Å². The average molecular weight is 421 g/mol. The molecular weight excluding hydrogens is 388 g/mol. The maximum atomic E-state index is 11.4. The van der Waals surface area contributed by atoms with Gasteiger partial charge in [0.1, 0.15) is 0 Å². The van der Waals surface area contributed by atoms with Crippen molar-refractivity contribution in [2.45, 2.75) is 44.8 Å². The standard InChI is InChI=1S/C22H32N2O6/c1-17(25)29-20(15-24-9-11-27-12-10-24)16-28-23-14-18-7-8-21(26-2)22(13-18)30-19-5-3-4-6-19/h7-8,13-14,19-20H,3-6,9-12,15-16H2,1-2H3/b23-14+/t20-/m0/s1. The van der Waals surface area contributed by atoms with Crippen LogP contribution in [0.4, 0.5) is 0 Å². The molecule has 1 atom stereocenters. The predicted octanol–water partition coefficient (Wildman–Crippen LogP) is 2.63. The van der Waals surface area contributed by atoms with Gasteiger partial charge >= 0.3 is 5.97 Å². The third-order valence-electron chi connectivity index (χ3n) is 5.22. The van der Waals surface area contributed by atoms with E-state index in [1.54, 1.807) is 13.3 Å². The van der Waals surface area contributed by atoms with Gasteiger partial charge in [0.25, 0.3) is 0 Å². The van der Waals surface area contributed by atoms with Crippen molar-refractivity contribution in [3.63, 3.8) is 0 Å². The molecule has 0 N–H and O–H groups in total. The largest absolute Gasteiger partial charge is 0.493 e. The third-order valence-corrected chi connectivity index (χ3v) is 5.22. The first-order valence-electron chi connectivity index (χ1n) is 10.6. The summed E-state index contributed by atoms with van der Waals surface area (Å²) in [4.78, 5) is 19.0. The molecule has 1 aliphatic carbocycles. The highest BCUT2D eigenvalue weighted by Crippen LogP contribution is 2.32. The Morgan fingerprint density at radius 1 is 1.27 bits per heavy atom. The zero-order chi connectivity index (χ0) is 21.2. The van der Waals surface area contributed by atoms with Crippen molar-refractivity contribution in [1.82, 2.24) is 4.90 Å².